The Kier molecular flexibility index (Phi) is 3.59. The fraction of sp³-hybridized carbons (Fsp3) is 0.389. The first-order valence-corrected chi connectivity index (χ1v) is 7.45. The molecule has 23 heavy (non-hydrogen) atoms. The molecule has 1 saturated carbocycles. The van der Waals surface area contributed by atoms with Crippen LogP contribution in [0.4, 0.5) is 0 Å². The van der Waals surface area contributed by atoms with E-state index in [-0.39, 0.29) is 18.1 Å². The average molecular weight is 314 g/mol. The molecular weight excluding hydrogens is 296 g/mol. The lowest BCUT2D eigenvalue weighted by molar-refractivity contribution is -0.155. The number of carbonyl (C=O) groups excluding carboxylic acids is 3. The number of rotatable bonds is 2. The first kappa shape index (κ1) is 15.5. The monoisotopic (exact) mass is 314 g/mol. The van der Waals surface area contributed by atoms with Gasteiger partial charge in [-0.1, -0.05) is 18.2 Å². The van der Waals surface area contributed by atoms with Gasteiger partial charge in [-0.15, -0.1) is 0 Å². The SMILES string of the molecule is C=C1CC2Cc3cc(C(=O)OC)ccc3C(C(=O)OC)(C1)C2=O. The Hall–Kier alpha value is -2.43. The fourth-order valence-electron chi connectivity index (χ4n) is 3.86. The molecular formula is C18H18O5. The van der Waals surface area contributed by atoms with E-state index in [1.807, 2.05) is 0 Å². The van der Waals surface area contributed by atoms with E-state index in [0.29, 0.717) is 24.0 Å². The maximum Gasteiger partial charge on any atom is 0.337 e. The van der Waals surface area contributed by atoms with E-state index in [1.165, 1.54) is 14.2 Å². The van der Waals surface area contributed by atoms with Crippen molar-refractivity contribution in [3.63, 3.8) is 0 Å². The minimum atomic E-state index is -1.32. The summed E-state index contributed by atoms with van der Waals surface area (Å²) in [6.45, 7) is 3.99. The number of esters is 2. The molecule has 2 bridgehead atoms. The Balaban J connectivity index is 2.21. The molecule has 2 aliphatic carbocycles. The molecule has 0 N–H and O–H groups in total. The molecule has 5 nitrogen and oxygen atoms in total. The molecule has 5 heteroatoms. The van der Waals surface area contributed by atoms with Crippen LogP contribution >= 0.6 is 0 Å². The van der Waals surface area contributed by atoms with Gasteiger partial charge in [-0.25, -0.2) is 4.79 Å². The number of methoxy groups -OCH3 is 2. The van der Waals surface area contributed by atoms with Crippen LogP contribution in [0.1, 0.15) is 34.3 Å². The lowest BCUT2D eigenvalue weighted by atomic mass is 9.57. The fourth-order valence-corrected chi connectivity index (χ4v) is 3.86. The molecule has 2 atom stereocenters. The summed E-state index contributed by atoms with van der Waals surface area (Å²) >= 11 is 0. The van der Waals surface area contributed by atoms with Crippen molar-refractivity contribution in [1.82, 2.24) is 0 Å². The van der Waals surface area contributed by atoms with Crippen molar-refractivity contribution in [2.45, 2.75) is 24.7 Å². The van der Waals surface area contributed by atoms with Gasteiger partial charge in [0.25, 0.3) is 0 Å². The van der Waals surface area contributed by atoms with Crippen molar-refractivity contribution in [3.8, 4) is 0 Å². The zero-order valence-corrected chi connectivity index (χ0v) is 13.2. The summed E-state index contributed by atoms with van der Waals surface area (Å²) in [5.74, 6) is -1.39. The second-order valence-corrected chi connectivity index (χ2v) is 6.16. The number of ether oxygens (including phenoxy) is 2. The highest BCUT2D eigenvalue weighted by Gasteiger charge is 2.57. The Morgan fingerprint density at radius 1 is 1.22 bits per heavy atom. The minimum Gasteiger partial charge on any atom is -0.468 e. The second kappa shape index (κ2) is 5.33. The Morgan fingerprint density at radius 2 is 1.96 bits per heavy atom. The van der Waals surface area contributed by atoms with Crippen LogP contribution in [0.15, 0.2) is 30.4 Å². The number of hydrogen-bond donors (Lipinski definition) is 0. The summed E-state index contributed by atoms with van der Waals surface area (Å²) in [4.78, 5) is 37.1. The van der Waals surface area contributed by atoms with E-state index in [9.17, 15) is 14.4 Å². The molecule has 1 aromatic carbocycles. The van der Waals surface area contributed by atoms with E-state index in [2.05, 4.69) is 6.58 Å². The molecule has 0 heterocycles. The molecule has 0 spiro atoms. The van der Waals surface area contributed by atoms with Crippen LogP contribution in [-0.2, 0) is 30.9 Å². The van der Waals surface area contributed by atoms with Crippen LogP contribution in [-0.4, -0.2) is 31.9 Å². The van der Waals surface area contributed by atoms with Crippen LogP contribution in [0.2, 0.25) is 0 Å². The molecule has 0 amide bonds. The molecule has 2 unspecified atom stereocenters. The van der Waals surface area contributed by atoms with Crippen molar-refractivity contribution in [3.05, 3.63) is 47.0 Å². The van der Waals surface area contributed by atoms with Crippen LogP contribution in [0, 0.1) is 5.92 Å². The van der Waals surface area contributed by atoms with Crippen molar-refractivity contribution in [2.24, 2.45) is 5.92 Å². The third kappa shape index (κ3) is 2.11. The molecule has 0 saturated heterocycles. The number of carbonyl (C=O) groups is 3. The topological polar surface area (TPSA) is 69.7 Å². The van der Waals surface area contributed by atoms with Crippen LogP contribution in [0.5, 0.6) is 0 Å². The predicted molar refractivity (Wildman–Crippen MR) is 82.1 cm³/mol. The van der Waals surface area contributed by atoms with E-state index < -0.39 is 17.4 Å². The Morgan fingerprint density at radius 3 is 2.61 bits per heavy atom. The van der Waals surface area contributed by atoms with E-state index in [0.717, 1.165) is 11.1 Å². The number of Topliss-reactive ketones (excluding diaryl/α,β-unsaturated/α-hetero) is 1. The van der Waals surface area contributed by atoms with Gasteiger partial charge in [0.1, 0.15) is 0 Å². The van der Waals surface area contributed by atoms with E-state index >= 15 is 0 Å². The van der Waals surface area contributed by atoms with Gasteiger partial charge >= 0.3 is 11.9 Å². The van der Waals surface area contributed by atoms with Gasteiger partial charge in [0.2, 0.25) is 0 Å². The first-order chi connectivity index (χ1) is 10.9. The van der Waals surface area contributed by atoms with E-state index in [1.54, 1.807) is 18.2 Å². The van der Waals surface area contributed by atoms with Gasteiger partial charge in [-0.05, 0) is 42.5 Å². The third-order valence-electron chi connectivity index (χ3n) is 4.83. The maximum atomic E-state index is 12.9. The summed E-state index contributed by atoms with van der Waals surface area (Å²) in [5.41, 5.74) is 1.42. The second-order valence-electron chi connectivity index (χ2n) is 6.16. The highest BCUT2D eigenvalue weighted by Crippen LogP contribution is 2.48. The third-order valence-corrected chi connectivity index (χ3v) is 4.83. The summed E-state index contributed by atoms with van der Waals surface area (Å²) in [6.07, 6.45) is 1.33. The molecule has 0 radical (unpaired) electrons. The normalized spacial score (nSPS) is 25.6. The summed E-state index contributed by atoms with van der Waals surface area (Å²) in [6, 6.07) is 4.97. The Bertz CT molecular complexity index is 733. The Labute approximate surface area is 134 Å². The number of allylic oxidation sites excluding steroid dienone is 1. The van der Waals surface area contributed by atoms with E-state index in [4.69, 9.17) is 9.47 Å². The maximum absolute atomic E-state index is 12.9. The molecule has 2 aliphatic rings. The standard InChI is InChI=1S/C18H18O5/c1-10-6-13-8-12-7-11(16(20)22-2)4-5-14(12)18(9-10,15(13)19)17(21)23-3/h4-5,7,13H,1,6,8-9H2,2-3H3. The van der Waals surface area contributed by atoms with Gasteiger partial charge in [-0.2, -0.15) is 0 Å². The molecule has 0 aliphatic heterocycles. The number of benzene rings is 1. The zero-order valence-electron chi connectivity index (χ0n) is 13.2. The van der Waals surface area contributed by atoms with Crippen LogP contribution < -0.4 is 0 Å². The number of fused-ring (bicyclic) bond motifs is 4. The zero-order chi connectivity index (χ0) is 16.8. The van der Waals surface area contributed by atoms with Crippen molar-refractivity contribution in [1.29, 1.82) is 0 Å². The summed E-state index contributed by atoms with van der Waals surface area (Å²) < 4.78 is 9.69. The van der Waals surface area contributed by atoms with Gasteiger partial charge in [0.15, 0.2) is 11.2 Å². The van der Waals surface area contributed by atoms with Gasteiger partial charge in [0, 0.05) is 5.92 Å². The van der Waals surface area contributed by atoms with Crippen LogP contribution in [0.25, 0.3) is 0 Å². The van der Waals surface area contributed by atoms with Gasteiger partial charge in [-0.3, -0.25) is 9.59 Å². The minimum absolute atomic E-state index is 0.102. The van der Waals surface area contributed by atoms with Crippen LogP contribution in [0.3, 0.4) is 0 Å². The predicted octanol–water partition coefficient (Wildman–Crippen LogP) is 1.98. The lowest BCUT2D eigenvalue weighted by Crippen LogP contribution is -2.54. The molecule has 120 valence electrons. The quantitative estimate of drug-likeness (QED) is 0.474. The average Bonchev–Trinajstić information content (AvgIpc) is 2.54. The molecule has 3 rings (SSSR count). The molecule has 1 fully saturated rings. The van der Waals surface area contributed by atoms with Crippen molar-refractivity contribution < 1.29 is 23.9 Å². The highest BCUT2D eigenvalue weighted by atomic mass is 16.5. The number of hydrogen-bond acceptors (Lipinski definition) is 5. The smallest absolute Gasteiger partial charge is 0.337 e. The first-order valence-electron chi connectivity index (χ1n) is 7.45. The highest BCUT2D eigenvalue weighted by molar-refractivity contribution is 6.13. The van der Waals surface area contributed by atoms with Gasteiger partial charge < -0.3 is 9.47 Å². The lowest BCUT2D eigenvalue weighted by Gasteiger charge is -2.43. The van der Waals surface area contributed by atoms with Crippen molar-refractivity contribution in [2.75, 3.05) is 14.2 Å². The van der Waals surface area contributed by atoms with Gasteiger partial charge in [0.05, 0.1) is 19.8 Å². The van der Waals surface area contributed by atoms with Crippen molar-refractivity contribution >= 4 is 17.7 Å². The number of ketones is 1. The summed E-state index contributed by atoms with van der Waals surface area (Å²) in [5, 5.41) is 0. The molecule has 1 aromatic rings. The summed E-state index contributed by atoms with van der Waals surface area (Å²) in [7, 11) is 2.60. The largest absolute Gasteiger partial charge is 0.468 e. The molecule has 0 aromatic heterocycles.